The van der Waals surface area contributed by atoms with Gasteiger partial charge in [0, 0.05) is 12.0 Å². The Morgan fingerprint density at radius 1 is 1.00 bits per heavy atom. The van der Waals surface area contributed by atoms with Crippen LogP contribution in [0, 0.1) is 5.82 Å². The second-order valence-electron chi connectivity index (χ2n) is 4.82. The first-order valence-electron chi connectivity index (χ1n) is 7.15. The lowest BCUT2D eigenvalue weighted by atomic mass is 9.98. The molecule has 0 radical (unpaired) electrons. The molecule has 2 aromatic carbocycles. The summed E-state index contributed by atoms with van der Waals surface area (Å²) in [5.74, 6) is -0.927. The Bertz CT molecular complexity index is 662. The van der Waals surface area contributed by atoms with Crippen molar-refractivity contribution in [2.75, 3.05) is 6.61 Å². The van der Waals surface area contributed by atoms with E-state index in [1.54, 1.807) is 43.3 Å². The molecule has 4 heteroatoms. The molecule has 0 atom stereocenters. The highest BCUT2D eigenvalue weighted by atomic mass is 19.1. The fourth-order valence-corrected chi connectivity index (χ4v) is 2.16. The molecule has 0 spiro atoms. The molecule has 3 nitrogen and oxygen atoms in total. The number of hydrogen-bond donors (Lipinski definition) is 0. The summed E-state index contributed by atoms with van der Waals surface area (Å²) in [4.78, 5) is 24.2. The number of esters is 1. The lowest BCUT2D eigenvalue weighted by Gasteiger charge is -2.08. The minimum Gasteiger partial charge on any atom is -0.462 e. The third kappa shape index (κ3) is 4.01. The maximum absolute atomic E-state index is 12.8. The first-order chi connectivity index (χ1) is 10.6. The molecule has 0 N–H and O–H groups in total. The van der Waals surface area contributed by atoms with E-state index in [0.717, 1.165) is 5.56 Å². The van der Waals surface area contributed by atoms with E-state index >= 15 is 0 Å². The van der Waals surface area contributed by atoms with E-state index in [2.05, 4.69) is 0 Å². The Kier molecular flexibility index (Phi) is 5.42. The number of Topliss-reactive ketones (excluding diaryl/α,β-unsaturated/α-hetero) is 1. The van der Waals surface area contributed by atoms with Gasteiger partial charge in [0.1, 0.15) is 5.82 Å². The number of carbonyl (C=O) groups excluding carboxylic acids is 2. The topological polar surface area (TPSA) is 43.4 Å². The Morgan fingerprint density at radius 3 is 2.27 bits per heavy atom. The highest BCUT2D eigenvalue weighted by molar-refractivity contribution is 6.06. The van der Waals surface area contributed by atoms with Crippen LogP contribution in [0.2, 0.25) is 0 Å². The molecule has 22 heavy (non-hydrogen) atoms. The number of carbonyl (C=O) groups is 2. The normalized spacial score (nSPS) is 10.3. The zero-order valence-corrected chi connectivity index (χ0v) is 12.3. The number of halogens is 1. The molecule has 0 fully saturated rings. The molecule has 0 amide bonds. The van der Waals surface area contributed by atoms with Crippen LogP contribution in [0.4, 0.5) is 4.39 Å². The molecule has 0 aliphatic rings. The summed E-state index contributed by atoms with van der Waals surface area (Å²) in [7, 11) is 0. The summed E-state index contributed by atoms with van der Waals surface area (Å²) in [6.45, 7) is 1.98. The van der Waals surface area contributed by atoms with Gasteiger partial charge in [-0.15, -0.1) is 0 Å². The number of rotatable bonds is 6. The smallest absolute Gasteiger partial charge is 0.338 e. The molecule has 0 unspecified atom stereocenters. The average Bonchev–Trinajstić information content (AvgIpc) is 2.54. The molecule has 2 rings (SSSR count). The van der Waals surface area contributed by atoms with Crippen LogP contribution in [0.15, 0.2) is 48.5 Å². The summed E-state index contributed by atoms with van der Waals surface area (Å²) in [5, 5.41) is 0. The predicted octanol–water partition coefficient (Wildman–Crippen LogP) is 3.82. The van der Waals surface area contributed by atoms with Crippen molar-refractivity contribution in [3.05, 3.63) is 71.0 Å². The molecule has 0 saturated carbocycles. The van der Waals surface area contributed by atoms with E-state index in [1.807, 2.05) is 0 Å². The lowest BCUT2D eigenvalue weighted by molar-refractivity contribution is 0.0523. The van der Waals surface area contributed by atoms with Crippen molar-refractivity contribution in [3.8, 4) is 0 Å². The fourth-order valence-electron chi connectivity index (χ4n) is 2.16. The van der Waals surface area contributed by atoms with Crippen LogP contribution in [-0.2, 0) is 11.2 Å². The van der Waals surface area contributed by atoms with Crippen molar-refractivity contribution in [3.63, 3.8) is 0 Å². The second-order valence-corrected chi connectivity index (χ2v) is 4.82. The molecular formula is C18H17FO3. The summed E-state index contributed by atoms with van der Waals surface area (Å²) < 4.78 is 17.8. The van der Waals surface area contributed by atoms with Crippen LogP contribution in [0.5, 0.6) is 0 Å². The maximum Gasteiger partial charge on any atom is 0.338 e. The quantitative estimate of drug-likeness (QED) is 0.601. The number of aryl methyl sites for hydroxylation is 1. The third-order valence-corrected chi connectivity index (χ3v) is 3.28. The van der Waals surface area contributed by atoms with Gasteiger partial charge in [0.15, 0.2) is 5.78 Å². The zero-order valence-electron chi connectivity index (χ0n) is 12.3. The maximum atomic E-state index is 12.8. The van der Waals surface area contributed by atoms with Crippen molar-refractivity contribution in [2.45, 2.75) is 19.8 Å². The molecule has 0 heterocycles. The van der Waals surface area contributed by atoms with Gasteiger partial charge in [-0.1, -0.05) is 30.3 Å². The molecule has 0 aliphatic carbocycles. The van der Waals surface area contributed by atoms with Gasteiger partial charge in [0.2, 0.25) is 0 Å². The Labute approximate surface area is 128 Å². The number of ketones is 1. The molecule has 0 bridgehead atoms. The Morgan fingerprint density at radius 2 is 1.64 bits per heavy atom. The van der Waals surface area contributed by atoms with Crippen LogP contribution in [0.3, 0.4) is 0 Å². The third-order valence-electron chi connectivity index (χ3n) is 3.28. The van der Waals surface area contributed by atoms with Crippen LogP contribution >= 0.6 is 0 Å². The molecule has 114 valence electrons. The van der Waals surface area contributed by atoms with Gasteiger partial charge in [0.05, 0.1) is 12.2 Å². The van der Waals surface area contributed by atoms with Crippen LogP contribution < -0.4 is 0 Å². The monoisotopic (exact) mass is 300 g/mol. The molecule has 2 aromatic rings. The minimum atomic E-state index is -0.492. The molecule has 0 aromatic heterocycles. The highest BCUT2D eigenvalue weighted by Crippen LogP contribution is 2.15. The van der Waals surface area contributed by atoms with E-state index in [9.17, 15) is 14.0 Å². The van der Waals surface area contributed by atoms with E-state index in [0.29, 0.717) is 12.0 Å². The largest absolute Gasteiger partial charge is 0.462 e. The molecule has 0 saturated heterocycles. The van der Waals surface area contributed by atoms with Crippen LogP contribution in [-0.4, -0.2) is 18.4 Å². The fraction of sp³-hybridized carbons (Fsp3) is 0.222. The standard InChI is InChI=1S/C18H17FO3/c1-2-22-18(21)16-6-4-3-5-15(16)17(20)12-9-13-7-10-14(19)11-8-13/h3-8,10-11H,2,9,12H2,1H3. The van der Waals surface area contributed by atoms with Crippen LogP contribution in [0.1, 0.15) is 39.6 Å². The van der Waals surface area contributed by atoms with Crippen LogP contribution in [0.25, 0.3) is 0 Å². The van der Waals surface area contributed by atoms with Gasteiger partial charge in [0.25, 0.3) is 0 Å². The van der Waals surface area contributed by atoms with Crippen molar-refractivity contribution in [2.24, 2.45) is 0 Å². The van der Waals surface area contributed by atoms with Crippen molar-refractivity contribution >= 4 is 11.8 Å². The van der Waals surface area contributed by atoms with E-state index in [1.165, 1.54) is 12.1 Å². The summed E-state index contributed by atoms with van der Waals surface area (Å²) in [5.41, 5.74) is 1.53. The van der Waals surface area contributed by atoms with Crippen molar-refractivity contribution in [1.82, 2.24) is 0 Å². The minimum absolute atomic E-state index is 0.132. The van der Waals surface area contributed by atoms with Gasteiger partial charge >= 0.3 is 5.97 Å². The van der Waals surface area contributed by atoms with E-state index in [4.69, 9.17) is 4.74 Å². The SMILES string of the molecule is CCOC(=O)c1ccccc1C(=O)CCc1ccc(F)cc1. The molecular weight excluding hydrogens is 283 g/mol. The summed E-state index contributed by atoms with van der Waals surface area (Å²) in [6, 6.07) is 12.7. The molecule has 0 aliphatic heterocycles. The Hall–Kier alpha value is -2.49. The van der Waals surface area contributed by atoms with Gasteiger partial charge in [-0.2, -0.15) is 0 Å². The van der Waals surface area contributed by atoms with Crippen molar-refractivity contribution in [1.29, 1.82) is 0 Å². The van der Waals surface area contributed by atoms with Crippen molar-refractivity contribution < 1.29 is 18.7 Å². The predicted molar refractivity (Wildman–Crippen MR) is 81.5 cm³/mol. The van der Waals surface area contributed by atoms with E-state index < -0.39 is 5.97 Å². The zero-order chi connectivity index (χ0) is 15.9. The van der Waals surface area contributed by atoms with E-state index in [-0.39, 0.29) is 30.2 Å². The first-order valence-corrected chi connectivity index (χ1v) is 7.15. The summed E-state index contributed by atoms with van der Waals surface area (Å²) >= 11 is 0. The lowest BCUT2D eigenvalue weighted by Crippen LogP contribution is -2.12. The number of hydrogen-bond acceptors (Lipinski definition) is 3. The van der Waals surface area contributed by atoms with Gasteiger partial charge in [-0.3, -0.25) is 4.79 Å². The first kappa shape index (κ1) is 15.9. The van der Waals surface area contributed by atoms with Gasteiger partial charge in [-0.05, 0) is 37.1 Å². The Balaban J connectivity index is 2.09. The number of benzene rings is 2. The highest BCUT2D eigenvalue weighted by Gasteiger charge is 2.17. The van der Waals surface area contributed by atoms with Gasteiger partial charge in [-0.25, -0.2) is 9.18 Å². The second kappa shape index (κ2) is 7.50. The average molecular weight is 300 g/mol. The van der Waals surface area contributed by atoms with Gasteiger partial charge < -0.3 is 4.74 Å². The number of ether oxygens (including phenoxy) is 1. The summed E-state index contributed by atoms with van der Waals surface area (Å²) in [6.07, 6.45) is 0.748.